The number of carbonyl (C=O) groups excluding carboxylic acids is 1. The lowest BCUT2D eigenvalue weighted by Gasteiger charge is -2.11. The van der Waals surface area contributed by atoms with Gasteiger partial charge in [-0.3, -0.25) is 4.79 Å². The molecule has 1 heterocycles. The minimum atomic E-state index is -3.45. The van der Waals surface area contributed by atoms with Crippen LogP contribution >= 0.6 is 11.8 Å². The van der Waals surface area contributed by atoms with Gasteiger partial charge in [-0.15, -0.1) is 18.3 Å². The molecule has 1 aliphatic carbocycles. The predicted octanol–water partition coefficient (Wildman–Crippen LogP) is 3.41. The Hall–Kier alpha value is -2.67. The second kappa shape index (κ2) is 9.43. The average molecular weight is 443 g/mol. The molecule has 0 unspecified atom stereocenters. The van der Waals surface area contributed by atoms with Gasteiger partial charge in [0.15, 0.2) is 0 Å². The molecule has 0 radical (unpaired) electrons. The number of hydrogen-bond donors (Lipinski definition) is 2. The monoisotopic (exact) mass is 442 g/mol. The lowest BCUT2D eigenvalue weighted by atomic mass is 10.1. The largest absolute Gasteiger partial charge is 0.322 e. The van der Waals surface area contributed by atoms with E-state index >= 15 is 0 Å². The molecule has 0 aliphatic heterocycles. The summed E-state index contributed by atoms with van der Waals surface area (Å²) in [5.41, 5.74) is 2.52. The summed E-state index contributed by atoms with van der Waals surface area (Å²) in [5, 5.41) is 12.9. The first-order chi connectivity index (χ1) is 14.4. The molecule has 9 heteroatoms. The average Bonchev–Trinajstić information content (AvgIpc) is 3.58. The number of nitrogens with one attached hydrogen (secondary N) is 2. The Bertz CT molecular complexity index is 1100. The van der Waals surface area contributed by atoms with Crippen LogP contribution in [0.15, 0.2) is 48.0 Å². The summed E-state index contributed by atoms with van der Waals surface area (Å²) in [7, 11) is -3.45. The van der Waals surface area contributed by atoms with E-state index in [4.69, 9.17) is 0 Å². The number of carbonyl (C=O) groups is 1. The third kappa shape index (κ3) is 5.48. The number of hydrogen-bond acceptors (Lipinski definition) is 6. The lowest BCUT2D eigenvalue weighted by molar-refractivity contribution is 0.102. The van der Waals surface area contributed by atoms with Crippen molar-refractivity contribution in [3.05, 3.63) is 65.4 Å². The standard InChI is InChI=1S/C21H22N4O3S2/c1-3-10-23-30(27,28)13-14-4-8-16(9-5-14)24-20(26)17-11-19(15-6-7-15)25-21(29-2)18(17)12-22/h3-5,8-9,11,15,23H,1,6-7,10,13H2,2H3,(H,24,26). The maximum atomic E-state index is 12.9. The van der Waals surface area contributed by atoms with Crippen molar-refractivity contribution in [1.82, 2.24) is 9.71 Å². The molecule has 1 aromatic carbocycles. The Morgan fingerprint density at radius 3 is 2.63 bits per heavy atom. The van der Waals surface area contributed by atoms with Gasteiger partial charge in [0.2, 0.25) is 10.0 Å². The Morgan fingerprint density at radius 2 is 2.07 bits per heavy atom. The Balaban J connectivity index is 1.77. The van der Waals surface area contributed by atoms with E-state index in [0.717, 1.165) is 18.5 Å². The third-order valence-corrected chi connectivity index (χ3v) is 6.57. The summed E-state index contributed by atoms with van der Waals surface area (Å²) in [6, 6.07) is 10.4. The zero-order valence-corrected chi connectivity index (χ0v) is 18.1. The van der Waals surface area contributed by atoms with Gasteiger partial charge in [0.1, 0.15) is 11.1 Å². The van der Waals surface area contributed by atoms with Crippen LogP contribution < -0.4 is 10.0 Å². The van der Waals surface area contributed by atoms with E-state index in [-0.39, 0.29) is 23.8 Å². The molecule has 1 aliphatic rings. The van der Waals surface area contributed by atoms with Crippen molar-refractivity contribution in [2.45, 2.75) is 29.5 Å². The van der Waals surface area contributed by atoms with E-state index in [9.17, 15) is 18.5 Å². The molecule has 1 aromatic heterocycles. The van der Waals surface area contributed by atoms with Crippen LogP contribution in [0.5, 0.6) is 0 Å². The maximum Gasteiger partial charge on any atom is 0.257 e. The number of pyridine rings is 1. The van der Waals surface area contributed by atoms with Crippen LogP contribution in [-0.4, -0.2) is 32.1 Å². The summed E-state index contributed by atoms with van der Waals surface area (Å²) in [4.78, 5) is 17.4. The van der Waals surface area contributed by atoms with Crippen LogP contribution in [0, 0.1) is 11.3 Å². The molecule has 7 nitrogen and oxygen atoms in total. The van der Waals surface area contributed by atoms with E-state index in [1.807, 2.05) is 6.26 Å². The van der Waals surface area contributed by atoms with Crippen LogP contribution in [0.4, 0.5) is 5.69 Å². The molecule has 2 N–H and O–H groups in total. The van der Waals surface area contributed by atoms with E-state index in [0.29, 0.717) is 27.8 Å². The van der Waals surface area contributed by atoms with Gasteiger partial charge in [0.05, 0.1) is 16.9 Å². The highest BCUT2D eigenvalue weighted by Gasteiger charge is 2.28. The van der Waals surface area contributed by atoms with E-state index in [1.54, 1.807) is 30.3 Å². The number of amides is 1. The van der Waals surface area contributed by atoms with Gasteiger partial charge in [0.25, 0.3) is 5.91 Å². The van der Waals surface area contributed by atoms with Crippen molar-refractivity contribution in [2.75, 3.05) is 18.1 Å². The molecule has 1 saturated carbocycles. The molecule has 30 heavy (non-hydrogen) atoms. The number of aromatic nitrogens is 1. The fraction of sp³-hybridized carbons (Fsp3) is 0.286. The summed E-state index contributed by atoms with van der Waals surface area (Å²) < 4.78 is 26.3. The van der Waals surface area contributed by atoms with Crippen LogP contribution in [0.3, 0.4) is 0 Å². The highest BCUT2D eigenvalue weighted by Crippen LogP contribution is 2.40. The van der Waals surface area contributed by atoms with Crippen molar-refractivity contribution in [3.8, 4) is 6.07 Å². The van der Waals surface area contributed by atoms with Crippen molar-refractivity contribution < 1.29 is 13.2 Å². The van der Waals surface area contributed by atoms with Crippen LogP contribution in [0.2, 0.25) is 0 Å². The molecule has 0 atom stereocenters. The highest BCUT2D eigenvalue weighted by molar-refractivity contribution is 7.98. The molecule has 1 fully saturated rings. The van der Waals surface area contributed by atoms with Crippen LogP contribution in [-0.2, 0) is 15.8 Å². The van der Waals surface area contributed by atoms with Gasteiger partial charge in [-0.05, 0) is 42.9 Å². The Morgan fingerprint density at radius 1 is 1.37 bits per heavy atom. The first kappa shape index (κ1) is 22.0. The van der Waals surface area contributed by atoms with E-state index < -0.39 is 10.0 Å². The molecule has 0 bridgehead atoms. The molecule has 2 aromatic rings. The first-order valence-corrected chi connectivity index (χ1v) is 12.2. The summed E-state index contributed by atoms with van der Waals surface area (Å²) in [6.07, 6.45) is 5.39. The summed E-state index contributed by atoms with van der Waals surface area (Å²) in [5.74, 6) is -0.204. The van der Waals surface area contributed by atoms with E-state index in [1.165, 1.54) is 17.8 Å². The molecule has 0 spiro atoms. The van der Waals surface area contributed by atoms with Crippen molar-refractivity contribution in [1.29, 1.82) is 5.26 Å². The second-order valence-electron chi connectivity index (χ2n) is 6.91. The van der Waals surface area contributed by atoms with Gasteiger partial charge in [-0.25, -0.2) is 18.1 Å². The molecule has 156 valence electrons. The number of sulfonamides is 1. The minimum absolute atomic E-state index is 0.167. The smallest absolute Gasteiger partial charge is 0.257 e. The molecule has 3 rings (SSSR count). The number of nitrogens with zero attached hydrogens (tertiary/aromatic N) is 2. The van der Waals surface area contributed by atoms with Crippen molar-refractivity contribution in [3.63, 3.8) is 0 Å². The number of benzene rings is 1. The molecule has 0 saturated heterocycles. The lowest BCUT2D eigenvalue weighted by Crippen LogP contribution is -2.25. The van der Waals surface area contributed by atoms with Crippen molar-refractivity contribution >= 4 is 33.4 Å². The molecule has 1 amide bonds. The fourth-order valence-electron chi connectivity index (χ4n) is 2.90. The number of nitriles is 1. The van der Waals surface area contributed by atoms with Gasteiger partial charge in [-0.2, -0.15) is 5.26 Å². The highest BCUT2D eigenvalue weighted by atomic mass is 32.2. The summed E-state index contributed by atoms with van der Waals surface area (Å²) in [6.45, 7) is 3.66. The van der Waals surface area contributed by atoms with Gasteiger partial charge >= 0.3 is 0 Å². The quantitative estimate of drug-likeness (QED) is 0.455. The first-order valence-electron chi connectivity index (χ1n) is 9.34. The zero-order valence-electron chi connectivity index (χ0n) is 16.5. The van der Waals surface area contributed by atoms with Gasteiger partial charge < -0.3 is 5.32 Å². The predicted molar refractivity (Wildman–Crippen MR) is 118 cm³/mol. The van der Waals surface area contributed by atoms with Crippen LogP contribution in [0.25, 0.3) is 0 Å². The Kier molecular flexibility index (Phi) is 6.92. The molecular formula is C21H22N4O3S2. The fourth-order valence-corrected chi connectivity index (χ4v) is 4.56. The summed E-state index contributed by atoms with van der Waals surface area (Å²) >= 11 is 1.35. The van der Waals surface area contributed by atoms with Crippen LogP contribution in [0.1, 0.15) is 45.9 Å². The molecular weight excluding hydrogens is 420 g/mol. The second-order valence-corrected chi connectivity index (χ2v) is 9.51. The number of rotatable bonds is 9. The van der Waals surface area contributed by atoms with Crippen molar-refractivity contribution in [2.24, 2.45) is 0 Å². The SMILES string of the molecule is C=CCNS(=O)(=O)Cc1ccc(NC(=O)c2cc(C3CC3)nc(SC)c2C#N)cc1. The normalized spacial score (nSPS) is 13.5. The van der Waals surface area contributed by atoms with Gasteiger partial charge in [-0.1, -0.05) is 18.2 Å². The number of thioether (sulfide) groups is 1. The maximum absolute atomic E-state index is 12.9. The van der Waals surface area contributed by atoms with E-state index in [2.05, 4.69) is 27.7 Å². The zero-order chi connectivity index (χ0) is 21.7. The topological polar surface area (TPSA) is 112 Å². The third-order valence-electron chi connectivity index (χ3n) is 4.57. The Labute approximate surface area is 180 Å². The van der Waals surface area contributed by atoms with Gasteiger partial charge in [0, 0.05) is 23.8 Å². The number of anilines is 1. The minimum Gasteiger partial charge on any atom is -0.322 e.